The summed E-state index contributed by atoms with van der Waals surface area (Å²) in [7, 11) is -3.69. The molecule has 0 spiro atoms. The minimum Gasteiger partial charge on any atom is -0.339 e. The smallest absolute Gasteiger partial charge is 0.240 e. The summed E-state index contributed by atoms with van der Waals surface area (Å²) in [6.07, 6.45) is 2.94. The van der Waals surface area contributed by atoms with Gasteiger partial charge >= 0.3 is 0 Å². The van der Waals surface area contributed by atoms with Gasteiger partial charge in [0.05, 0.1) is 10.4 Å². The van der Waals surface area contributed by atoms with E-state index < -0.39 is 21.4 Å². The third kappa shape index (κ3) is 3.41. The summed E-state index contributed by atoms with van der Waals surface area (Å²) in [4.78, 5) is 4.22. The second-order valence-corrected chi connectivity index (χ2v) is 7.39. The monoisotopic (exact) mass is 340 g/mol. The molecule has 0 amide bonds. The van der Waals surface area contributed by atoms with Crippen molar-refractivity contribution in [2.75, 3.05) is 6.54 Å². The number of nitrogens with two attached hydrogens (primary N) is 1. The van der Waals surface area contributed by atoms with Gasteiger partial charge in [-0.2, -0.15) is 4.98 Å². The van der Waals surface area contributed by atoms with Crippen LogP contribution in [-0.2, 0) is 22.0 Å². The topological polar surface area (TPSA) is 111 Å². The molecule has 1 aromatic heterocycles. The van der Waals surface area contributed by atoms with E-state index in [9.17, 15) is 12.8 Å². The van der Waals surface area contributed by atoms with Crippen molar-refractivity contribution in [3.05, 3.63) is 41.8 Å². The van der Waals surface area contributed by atoms with E-state index in [-0.39, 0.29) is 17.9 Å². The van der Waals surface area contributed by atoms with Crippen molar-refractivity contribution < 1.29 is 17.3 Å². The Morgan fingerprint density at radius 2 is 2.00 bits per heavy atom. The summed E-state index contributed by atoms with van der Waals surface area (Å²) in [6.45, 7) is 0.0961. The molecule has 3 rings (SSSR count). The van der Waals surface area contributed by atoms with Crippen molar-refractivity contribution in [2.45, 2.75) is 36.1 Å². The Bertz CT molecular complexity index is 785. The summed E-state index contributed by atoms with van der Waals surface area (Å²) < 4.78 is 44.4. The van der Waals surface area contributed by atoms with Crippen molar-refractivity contribution in [1.82, 2.24) is 14.9 Å². The largest absolute Gasteiger partial charge is 0.339 e. The molecule has 0 atom stereocenters. The molecule has 1 aliphatic rings. The summed E-state index contributed by atoms with van der Waals surface area (Å²) in [5.41, 5.74) is 5.59. The summed E-state index contributed by atoms with van der Waals surface area (Å²) >= 11 is 0. The maximum atomic E-state index is 12.8. The zero-order valence-electron chi connectivity index (χ0n) is 12.3. The molecule has 0 saturated heterocycles. The SMILES string of the molecule is NC1(c2noc(CCNS(=O)(=O)c3ccc(F)cc3)n2)CCC1. The molecular weight excluding hydrogens is 323 g/mol. The van der Waals surface area contributed by atoms with Crippen molar-refractivity contribution in [2.24, 2.45) is 5.73 Å². The number of sulfonamides is 1. The highest BCUT2D eigenvalue weighted by molar-refractivity contribution is 7.89. The van der Waals surface area contributed by atoms with Crippen LogP contribution in [0, 0.1) is 5.82 Å². The Labute approximate surface area is 133 Å². The van der Waals surface area contributed by atoms with Crippen LogP contribution in [-0.4, -0.2) is 25.1 Å². The van der Waals surface area contributed by atoms with Gasteiger partial charge in [0, 0.05) is 13.0 Å². The molecule has 124 valence electrons. The molecule has 1 saturated carbocycles. The molecule has 23 heavy (non-hydrogen) atoms. The van der Waals surface area contributed by atoms with E-state index in [1.54, 1.807) is 0 Å². The van der Waals surface area contributed by atoms with Gasteiger partial charge in [-0.3, -0.25) is 0 Å². The lowest BCUT2D eigenvalue weighted by Crippen LogP contribution is -2.44. The minimum absolute atomic E-state index is 0.000460. The van der Waals surface area contributed by atoms with E-state index in [1.165, 1.54) is 12.1 Å². The van der Waals surface area contributed by atoms with Gasteiger partial charge in [-0.05, 0) is 43.5 Å². The fraction of sp³-hybridized carbons (Fsp3) is 0.429. The first-order valence-electron chi connectivity index (χ1n) is 7.26. The number of nitrogens with one attached hydrogen (secondary N) is 1. The lowest BCUT2D eigenvalue weighted by atomic mass is 9.77. The quantitative estimate of drug-likeness (QED) is 0.813. The molecule has 0 unspecified atom stereocenters. The number of nitrogens with zero attached hydrogens (tertiary/aromatic N) is 2. The first kappa shape index (κ1) is 16.0. The first-order valence-corrected chi connectivity index (χ1v) is 8.75. The maximum absolute atomic E-state index is 12.8. The molecule has 0 radical (unpaired) electrons. The molecule has 0 bridgehead atoms. The Morgan fingerprint density at radius 1 is 1.30 bits per heavy atom. The number of aromatic nitrogens is 2. The number of hydrogen-bond acceptors (Lipinski definition) is 6. The van der Waals surface area contributed by atoms with Crippen LogP contribution in [0.2, 0.25) is 0 Å². The second kappa shape index (κ2) is 5.99. The number of hydrogen-bond donors (Lipinski definition) is 2. The summed E-state index contributed by atoms with van der Waals surface area (Å²) in [6, 6.07) is 4.60. The Kier molecular flexibility index (Phi) is 4.17. The van der Waals surface area contributed by atoms with Gasteiger partial charge in [-0.25, -0.2) is 17.5 Å². The van der Waals surface area contributed by atoms with E-state index >= 15 is 0 Å². The third-order valence-corrected chi connectivity index (χ3v) is 5.39. The lowest BCUT2D eigenvalue weighted by molar-refractivity contribution is 0.229. The fourth-order valence-corrected chi connectivity index (χ4v) is 3.36. The average molecular weight is 340 g/mol. The highest BCUT2D eigenvalue weighted by Gasteiger charge is 2.38. The van der Waals surface area contributed by atoms with Gasteiger partial charge in [0.25, 0.3) is 0 Å². The van der Waals surface area contributed by atoms with E-state index in [2.05, 4.69) is 14.9 Å². The van der Waals surface area contributed by atoms with Gasteiger partial charge in [-0.1, -0.05) is 5.16 Å². The first-order chi connectivity index (χ1) is 10.9. The molecule has 9 heteroatoms. The van der Waals surface area contributed by atoms with Crippen LogP contribution >= 0.6 is 0 Å². The van der Waals surface area contributed by atoms with Crippen LogP contribution < -0.4 is 10.5 Å². The fourth-order valence-electron chi connectivity index (χ4n) is 2.33. The molecule has 1 heterocycles. The van der Waals surface area contributed by atoms with E-state index in [1.807, 2.05) is 0 Å². The van der Waals surface area contributed by atoms with Crippen LogP contribution in [0.15, 0.2) is 33.7 Å². The van der Waals surface area contributed by atoms with E-state index in [4.69, 9.17) is 10.3 Å². The van der Waals surface area contributed by atoms with Crippen molar-refractivity contribution in [3.8, 4) is 0 Å². The normalized spacial score (nSPS) is 17.0. The van der Waals surface area contributed by atoms with E-state index in [0.29, 0.717) is 11.7 Å². The maximum Gasteiger partial charge on any atom is 0.240 e. The van der Waals surface area contributed by atoms with Gasteiger partial charge in [-0.15, -0.1) is 0 Å². The van der Waals surface area contributed by atoms with Crippen LogP contribution in [0.5, 0.6) is 0 Å². The summed E-state index contributed by atoms with van der Waals surface area (Å²) in [5, 5.41) is 3.86. The van der Waals surface area contributed by atoms with Crippen molar-refractivity contribution >= 4 is 10.0 Å². The summed E-state index contributed by atoms with van der Waals surface area (Å²) in [5.74, 6) is 0.313. The highest BCUT2D eigenvalue weighted by Crippen LogP contribution is 2.36. The van der Waals surface area contributed by atoms with Gasteiger partial charge in [0.1, 0.15) is 5.82 Å². The van der Waals surface area contributed by atoms with Crippen LogP contribution in [0.25, 0.3) is 0 Å². The highest BCUT2D eigenvalue weighted by atomic mass is 32.2. The Hall–Kier alpha value is -1.84. The minimum atomic E-state index is -3.69. The predicted molar refractivity (Wildman–Crippen MR) is 79.3 cm³/mol. The van der Waals surface area contributed by atoms with E-state index in [0.717, 1.165) is 31.4 Å². The Balaban J connectivity index is 1.58. The molecule has 1 aromatic carbocycles. The van der Waals surface area contributed by atoms with Crippen LogP contribution in [0.3, 0.4) is 0 Å². The van der Waals surface area contributed by atoms with Gasteiger partial charge in [0.15, 0.2) is 5.82 Å². The predicted octanol–water partition coefficient (Wildman–Crippen LogP) is 1.07. The van der Waals surface area contributed by atoms with Gasteiger partial charge in [0.2, 0.25) is 15.9 Å². The molecule has 0 aliphatic heterocycles. The number of rotatable bonds is 6. The van der Waals surface area contributed by atoms with Crippen LogP contribution in [0.1, 0.15) is 31.0 Å². The number of halogens is 1. The average Bonchev–Trinajstić information content (AvgIpc) is 2.94. The molecule has 7 nitrogen and oxygen atoms in total. The zero-order chi connectivity index (χ0) is 16.5. The van der Waals surface area contributed by atoms with Gasteiger partial charge < -0.3 is 10.3 Å². The molecule has 1 fully saturated rings. The molecule has 2 aromatic rings. The Morgan fingerprint density at radius 3 is 2.61 bits per heavy atom. The molecule has 1 aliphatic carbocycles. The number of benzene rings is 1. The standard InChI is InChI=1S/C14H17FN4O3S/c15-10-2-4-11(5-3-10)23(20,21)17-9-6-12-18-13(19-22-12)14(16)7-1-8-14/h2-5,17H,1,6-9,16H2. The molecular formula is C14H17FN4O3S. The zero-order valence-corrected chi connectivity index (χ0v) is 13.1. The van der Waals surface area contributed by atoms with Crippen molar-refractivity contribution in [3.63, 3.8) is 0 Å². The van der Waals surface area contributed by atoms with Crippen LogP contribution in [0.4, 0.5) is 4.39 Å². The van der Waals surface area contributed by atoms with Crippen molar-refractivity contribution in [1.29, 1.82) is 0 Å². The lowest BCUT2D eigenvalue weighted by Gasteiger charge is -2.34. The molecule has 3 N–H and O–H groups in total. The third-order valence-electron chi connectivity index (χ3n) is 3.91. The second-order valence-electron chi connectivity index (χ2n) is 5.62.